The highest BCUT2D eigenvalue weighted by molar-refractivity contribution is 5.96. The molecule has 0 unspecified atom stereocenters. The van der Waals surface area contributed by atoms with Crippen LogP contribution in [0.1, 0.15) is 0 Å². The summed E-state index contributed by atoms with van der Waals surface area (Å²) in [5.74, 6) is 0.841. The summed E-state index contributed by atoms with van der Waals surface area (Å²) in [5, 5.41) is 1.01. The maximum absolute atomic E-state index is 5.25. The van der Waals surface area contributed by atoms with Gasteiger partial charge in [0.2, 0.25) is 0 Å². The third-order valence-electron chi connectivity index (χ3n) is 1.93. The molecule has 1 aromatic heterocycles. The summed E-state index contributed by atoms with van der Waals surface area (Å²) in [6.45, 7) is 0. The second kappa shape index (κ2) is 1.88. The van der Waals surface area contributed by atoms with Crippen molar-refractivity contribution in [2.75, 3.05) is 0 Å². The Labute approximate surface area is 68.0 Å². The first-order valence-electron chi connectivity index (χ1n) is 3.63. The van der Waals surface area contributed by atoms with Crippen LogP contribution in [-0.2, 0) is 0 Å². The quantitative estimate of drug-likeness (QED) is 0.506. The summed E-state index contributed by atoms with van der Waals surface area (Å²) < 4.78 is 10.5. The summed E-state index contributed by atoms with van der Waals surface area (Å²) in [4.78, 5) is 3.88. The van der Waals surface area contributed by atoms with Gasteiger partial charge in [0.1, 0.15) is 11.3 Å². The van der Waals surface area contributed by atoms with Crippen molar-refractivity contribution in [1.29, 1.82) is 0 Å². The lowest BCUT2D eigenvalue weighted by atomic mass is 10.3. The van der Waals surface area contributed by atoms with Crippen LogP contribution in [0, 0.1) is 0 Å². The van der Waals surface area contributed by atoms with Crippen molar-refractivity contribution < 1.29 is 8.83 Å². The summed E-state index contributed by atoms with van der Waals surface area (Å²) >= 11 is 0. The SMILES string of the molecule is c1ncc2cc3occc3c-2o1. The van der Waals surface area contributed by atoms with Crippen LogP contribution in [0.15, 0.2) is 39.8 Å². The molecule has 0 spiro atoms. The van der Waals surface area contributed by atoms with E-state index in [1.807, 2.05) is 12.1 Å². The molecule has 58 valence electrons. The Morgan fingerprint density at radius 1 is 1.25 bits per heavy atom. The van der Waals surface area contributed by atoms with E-state index in [1.54, 1.807) is 12.5 Å². The van der Waals surface area contributed by atoms with E-state index in [1.165, 1.54) is 6.39 Å². The van der Waals surface area contributed by atoms with Crippen molar-refractivity contribution in [1.82, 2.24) is 4.98 Å². The van der Waals surface area contributed by atoms with Crippen molar-refractivity contribution in [2.24, 2.45) is 0 Å². The monoisotopic (exact) mass is 159 g/mol. The fraction of sp³-hybridized carbons (Fsp3) is 0. The predicted molar refractivity (Wildman–Crippen MR) is 42.9 cm³/mol. The fourth-order valence-corrected chi connectivity index (χ4v) is 1.40. The van der Waals surface area contributed by atoms with Gasteiger partial charge in [0.15, 0.2) is 6.39 Å². The van der Waals surface area contributed by atoms with E-state index in [-0.39, 0.29) is 0 Å². The van der Waals surface area contributed by atoms with Gasteiger partial charge in [0.25, 0.3) is 0 Å². The number of hydrogen-bond donors (Lipinski definition) is 0. The third-order valence-corrected chi connectivity index (χ3v) is 1.93. The van der Waals surface area contributed by atoms with E-state index in [2.05, 4.69) is 4.98 Å². The smallest absolute Gasteiger partial charge is 0.181 e. The van der Waals surface area contributed by atoms with Crippen LogP contribution >= 0.6 is 0 Å². The van der Waals surface area contributed by atoms with Gasteiger partial charge in [0, 0.05) is 11.8 Å². The van der Waals surface area contributed by atoms with Crippen LogP contribution in [0.5, 0.6) is 0 Å². The minimum absolute atomic E-state index is 0.841. The average molecular weight is 159 g/mol. The van der Waals surface area contributed by atoms with E-state index < -0.39 is 0 Å². The third kappa shape index (κ3) is 0.580. The molecular weight excluding hydrogens is 154 g/mol. The van der Waals surface area contributed by atoms with Crippen LogP contribution in [0.25, 0.3) is 22.3 Å². The Hall–Kier alpha value is -1.77. The number of rotatable bonds is 0. The van der Waals surface area contributed by atoms with E-state index in [0.717, 1.165) is 22.3 Å². The Morgan fingerprint density at radius 2 is 2.25 bits per heavy atom. The lowest BCUT2D eigenvalue weighted by Crippen LogP contribution is -1.74. The van der Waals surface area contributed by atoms with Gasteiger partial charge in [-0.15, -0.1) is 0 Å². The summed E-state index contributed by atoms with van der Waals surface area (Å²) in [6, 6.07) is 3.81. The number of aromatic nitrogens is 1. The molecule has 0 atom stereocenters. The van der Waals surface area contributed by atoms with Gasteiger partial charge in [-0.05, 0) is 12.1 Å². The van der Waals surface area contributed by atoms with E-state index in [4.69, 9.17) is 8.83 Å². The van der Waals surface area contributed by atoms with Crippen molar-refractivity contribution in [3.05, 3.63) is 31.0 Å². The summed E-state index contributed by atoms with van der Waals surface area (Å²) in [6.07, 6.45) is 4.84. The van der Waals surface area contributed by atoms with Crippen LogP contribution in [-0.4, -0.2) is 4.98 Å². The molecule has 1 aromatic rings. The first kappa shape index (κ1) is 5.83. The Kier molecular flexibility index (Phi) is 0.913. The molecule has 3 nitrogen and oxygen atoms in total. The van der Waals surface area contributed by atoms with Gasteiger partial charge >= 0.3 is 0 Å². The first-order chi connectivity index (χ1) is 5.95. The second-order valence-electron chi connectivity index (χ2n) is 2.63. The number of nitrogens with zero attached hydrogens (tertiary/aromatic N) is 1. The van der Waals surface area contributed by atoms with Crippen LogP contribution in [0.3, 0.4) is 0 Å². The van der Waals surface area contributed by atoms with Crippen molar-refractivity contribution in [3.8, 4) is 11.3 Å². The van der Waals surface area contributed by atoms with Crippen molar-refractivity contribution >= 4 is 11.0 Å². The molecule has 0 radical (unpaired) electrons. The van der Waals surface area contributed by atoms with Crippen LogP contribution < -0.4 is 0 Å². The first-order valence-corrected chi connectivity index (χ1v) is 3.63. The van der Waals surface area contributed by atoms with Gasteiger partial charge in [-0.3, -0.25) is 0 Å². The predicted octanol–water partition coefficient (Wildman–Crippen LogP) is 2.53. The molecule has 0 fully saturated rings. The number of fused-ring (bicyclic) bond motifs is 3. The summed E-state index contributed by atoms with van der Waals surface area (Å²) in [5.41, 5.74) is 1.83. The maximum Gasteiger partial charge on any atom is 0.181 e. The lowest BCUT2D eigenvalue weighted by molar-refractivity contribution is 0.547. The molecule has 0 saturated heterocycles. The molecule has 1 aliphatic heterocycles. The van der Waals surface area contributed by atoms with E-state index >= 15 is 0 Å². The highest BCUT2D eigenvalue weighted by Crippen LogP contribution is 2.33. The zero-order valence-corrected chi connectivity index (χ0v) is 6.15. The minimum atomic E-state index is 0.841. The Morgan fingerprint density at radius 3 is 3.25 bits per heavy atom. The fourth-order valence-electron chi connectivity index (χ4n) is 1.40. The molecule has 0 N–H and O–H groups in total. The van der Waals surface area contributed by atoms with Gasteiger partial charge < -0.3 is 8.83 Å². The minimum Gasteiger partial charge on any atom is -0.464 e. The van der Waals surface area contributed by atoms with Crippen LogP contribution in [0.2, 0.25) is 0 Å². The molecule has 3 heteroatoms. The van der Waals surface area contributed by atoms with Crippen LogP contribution in [0.4, 0.5) is 0 Å². The second-order valence-corrected chi connectivity index (χ2v) is 2.63. The molecule has 0 saturated carbocycles. The highest BCUT2D eigenvalue weighted by Gasteiger charge is 2.13. The normalized spacial score (nSPS) is 11.3. The molecule has 0 amide bonds. The van der Waals surface area contributed by atoms with E-state index in [9.17, 15) is 0 Å². The average Bonchev–Trinajstić information content (AvgIpc) is 2.62. The molecule has 3 rings (SSSR count). The molecule has 2 aliphatic rings. The van der Waals surface area contributed by atoms with Gasteiger partial charge in [-0.1, -0.05) is 0 Å². The van der Waals surface area contributed by atoms with Crippen molar-refractivity contribution in [2.45, 2.75) is 0 Å². The molecule has 2 heterocycles. The zero-order valence-electron chi connectivity index (χ0n) is 6.15. The Balaban J connectivity index is 2.60. The van der Waals surface area contributed by atoms with Crippen molar-refractivity contribution in [3.63, 3.8) is 0 Å². The van der Waals surface area contributed by atoms with Gasteiger partial charge in [-0.2, -0.15) is 0 Å². The van der Waals surface area contributed by atoms with E-state index in [0.29, 0.717) is 0 Å². The van der Waals surface area contributed by atoms with Gasteiger partial charge in [0.05, 0.1) is 11.6 Å². The molecule has 1 aliphatic carbocycles. The number of hydrogen-bond acceptors (Lipinski definition) is 3. The summed E-state index contributed by atoms with van der Waals surface area (Å²) in [7, 11) is 0. The lowest BCUT2D eigenvalue weighted by Gasteiger charge is -1.92. The highest BCUT2D eigenvalue weighted by atomic mass is 16.3. The topological polar surface area (TPSA) is 39.2 Å². The standard InChI is InChI=1S/C9H5NO2/c1-2-11-8-3-6-4-10-5-12-9(6)7(1)8/h1-5H. The number of furan rings is 1. The molecule has 0 bridgehead atoms. The molecule has 12 heavy (non-hydrogen) atoms. The molecular formula is C9H5NO2. The maximum atomic E-state index is 5.25. The largest absolute Gasteiger partial charge is 0.464 e. The molecule has 0 aromatic carbocycles. The van der Waals surface area contributed by atoms with Gasteiger partial charge in [-0.25, -0.2) is 4.98 Å². The zero-order chi connectivity index (χ0) is 7.97. The Bertz CT molecular complexity index is 494.